The highest BCUT2D eigenvalue weighted by Crippen LogP contribution is 2.11. The van der Waals surface area contributed by atoms with Gasteiger partial charge in [-0.25, -0.2) is 9.97 Å². The van der Waals surface area contributed by atoms with E-state index in [4.69, 9.17) is 9.15 Å². The van der Waals surface area contributed by atoms with Crippen LogP contribution in [-0.2, 0) is 11.3 Å². The van der Waals surface area contributed by atoms with Gasteiger partial charge in [0.15, 0.2) is 0 Å². The molecule has 1 fully saturated rings. The quantitative estimate of drug-likeness (QED) is 0.842. The number of hydrogen-bond donors (Lipinski definition) is 2. The molecule has 2 aromatic rings. The normalized spacial score (nSPS) is 17.4. The fourth-order valence-electron chi connectivity index (χ4n) is 2.25. The second-order valence-electron chi connectivity index (χ2n) is 5.04. The molecule has 3 heterocycles. The lowest BCUT2D eigenvalue weighted by atomic mass is 10.2. The van der Waals surface area contributed by atoms with Crippen molar-refractivity contribution in [3.05, 3.63) is 42.1 Å². The highest BCUT2D eigenvalue weighted by molar-refractivity contribution is 5.92. The van der Waals surface area contributed by atoms with Gasteiger partial charge < -0.3 is 19.8 Å². The van der Waals surface area contributed by atoms with Crippen LogP contribution in [0.25, 0.3) is 0 Å². The highest BCUT2D eigenvalue weighted by Gasteiger charge is 2.17. The Morgan fingerprint density at radius 1 is 1.41 bits per heavy atom. The molecule has 0 saturated carbocycles. The third-order valence-corrected chi connectivity index (χ3v) is 3.40. The van der Waals surface area contributed by atoms with Crippen molar-refractivity contribution in [3.63, 3.8) is 0 Å². The first-order valence-electron chi connectivity index (χ1n) is 7.30. The molecule has 7 nitrogen and oxygen atoms in total. The first-order valence-corrected chi connectivity index (χ1v) is 7.30. The molecule has 7 heteroatoms. The number of amides is 1. The Bertz CT molecular complexity index is 609. The van der Waals surface area contributed by atoms with E-state index in [0.29, 0.717) is 24.7 Å². The molecule has 2 aromatic heterocycles. The number of aromatic nitrogens is 2. The Morgan fingerprint density at radius 2 is 2.36 bits per heavy atom. The van der Waals surface area contributed by atoms with Gasteiger partial charge >= 0.3 is 0 Å². The second-order valence-corrected chi connectivity index (χ2v) is 5.04. The van der Waals surface area contributed by atoms with Crippen molar-refractivity contribution in [2.24, 2.45) is 0 Å². The lowest BCUT2D eigenvalue weighted by Gasteiger charge is -2.10. The van der Waals surface area contributed by atoms with Crippen LogP contribution in [0.5, 0.6) is 0 Å². The van der Waals surface area contributed by atoms with E-state index in [1.807, 2.05) is 12.1 Å². The van der Waals surface area contributed by atoms with Crippen molar-refractivity contribution < 1.29 is 13.9 Å². The minimum atomic E-state index is -0.223. The van der Waals surface area contributed by atoms with E-state index in [2.05, 4.69) is 20.6 Å². The van der Waals surface area contributed by atoms with Gasteiger partial charge in [-0.05, 0) is 31.0 Å². The summed E-state index contributed by atoms with van der Waals surface area (Å²) in [5, 5.41) is 5.86. The zero-order chi connectivity index (χ0) is 15.2. The summed E-state index contributed by atoms with van der Waals surface area (Å²) < 4.78 is 10.7. The molecule has 22 heavy (non-hydrogen) atoms. The highest BCUT2D eigenvalue weighted by atomic mass is 16.5. The smallest absolute Gasteiger partial charge is 0.270 e. The Labute approximate surface area is 128 Å². The van der Waals surface area contributed by atoms with Gasteiger partial charge in [0.25, 0.3) is 5.91 Å². The van der Waals surface area contributed by atoms with Gasteiger partial charge in [0, 0.05) is 19.3 Å². The zero-order valence-electron chi connectivity index (χ0n) is 12.1. The van der Waals surface area contributed by atoms with Gasteiger partial charge in [-0.15, -0.1) is 0 Å². The number of carbonyl (C=O) groups excluding carboxylic acids is 1. The van der Waals surface area contributed by atoms with Crippen LogP contribution in [-0.4, -0.2) is 35.1 Å². The Morgan fingerprint density at radius 3 is 3.14 bits per heavy atom. The summed E-state index contributed by atoms with van der Waals surface area (Å²) in [5.41, 5.74) is 0.329. The maximum Gasteiger partial charge on any atom is 0.270 e. The molecule has 0 radical (unpaired) electrons. The molecule has 0 spiro atoms. The second kappa shape index (κ2) is 7.04. The predicted octanol–water partition coefficient (Wildman–Crippen LogP) is 1.59. The minimum Gasteiger partial charge on any atom is -0.467 e. The SMILES string of the molecule is O=C(NCC1CCCO1)c1ccnc(NCc2ccco2)n1. The van der Waals surface area contributed by atoms with Crippen molar-refractivity contribution >= 4 is 11.9 Å². The molecule has 0 bridgehead atoms. The summed E-state index contributed by atoms with van der Waals surface area (Å²) in [6.07, 6.45) is 5.31. The van der Waals surface area contributed by atoms with E-state index in [9.17, 15) is 4.79 Å². The van der Waals surface area contributed by atoms with Crippen LogP contribution in [0.4, 0.5) is 5.95 Å². The topological polar surface area (TPSA) is 89.3 Å². The summed E-state index contributed by atoms with van der Waals surface area (Å²) in [6, 6.07) is 5.25. The molecule has 1 atom stereocenters. The molecule has 1 aliphatic heterocycles. The predicted molar refractivity (Wildman–Crippen MR) is 79.4 cm³/mol. The number of rotatable bonds is 6. The van der Waals surface area contributed by atoms with Crippen LogP contribution >= 0.6 is 0 Å². The molecule has 3 rings (SSSR count). The fourth-order valence-corrected chi connectivity index (χ4v) is 2.25. The zero-order valence-corrected chi connectivity index (χ0v) is 12.1. The number of carbonyl (C=O) groups is 1. The van der Waals surface area contributed by atoms with Crippen molar-refractivity contribution in [1.82, 2.24) is 15.3 Å². The lowest BCUT2D eigenvalue weighted by molar-refractivity contribution is 0.0853. The molecule has 0 aliphatic carbocycles. The monoisotopic (exact) mass is 302 g/mol. The largest absolute Gasteiger partial charge is 0.467 e. The summed E-state index contributed by atoms with van der Waals surface area (Å²) in [6.45, 7) is 1.75. The molecule has 116 valence electrons. The average molecular weight is 302 g/mol. The summed E-state index contributed by atoms with van der Waals surface area (Å²) in [7, 11) is 0. The van der Waals surface area contributed by atoms with Crippen LogP contribution in [0.3, 0.4) is 0 Å². The molecule has 2 N–H and O–H groups in total. The third-order valence-electron chi connectivity index (χ3n) is 3.40. The maximum absolute atomic E-state index is 12.1. The van der Waals surface area contributed by atoms with Crippen molar-refractivity contribution in [1.29, 1.82) is 0 Å². The van der Waals surface area contributed by atoms with Crippen LogP contribution in [0.1, 0.15) is 29.1 Å². The van der Waals surface area contributed by atoms with Gasteiger partial charge in [-0.2, -0.15) is 0 Å². The van der Waals surface area contributed by atoms with E-state index in [1.54, 1.807) is 18.5 Å². The van der Waals surface area contributed by atoms with Gasteiger partial charge in [-0.3, -0.25) is 4.79 Å². The van der Waals surface area contributed by atoms with Gasteiger partial charge in [0.2, 0.25) is 5.95 Å². The molecule has 1 unspecified atom stereocenters. The molecule has 1 amide bonds. The van der Waals surface area contributed by atoms with Gasteiger partial charge in [-0.1, -0.05) is 0 Å². The number of nitrogens with one attached hydrogen (secondary N) is 2. The van der Waals surface area contributed by atoms with Crippen molar-refractivity contribution in [3.8, 4) is 0 Å². The van der Waals surface area contributed by atoms with Crippen molar-refractivity contribution in [2.75, 3.05) is 18.5 Å². The molecule has 0 aromatic carbocycles. The fraction of sp³-hybridized carbons (Fsp3) is 0.400. The van der Waals surface area contributed by atoms with Gasteiger partial charge in [0.1, 0.15) is 11.5 Å². The number of ether oxygens (including phenoxy) is 1. The number of nitrogens with zero attached hydrogens (tertiary/aromatic N) is 2. The summed E-state index contributed by atoms with van der Waals surface area (Å²) in [4.78, 5) is 20.4. The van der Waals surface area contributed by atoms with Gasteiger partial charge in [0.05, 0.1) is 18.9 Å². The number of hydrogen-bond acceptors (Lipinski definition) is 6. The lowest BCUT2D eigenvalue weighted by Crippen LogP contribution is -2.32. The van der Waals surface area contributed by atoms with E-state index in [0.717, 1.165) is 25.2 Å². The Balaban J connectivity index is 1.54. The van der Waals surface area contributed by atoms with E-state index in [-0.39, 0.29) is 12.0 Å². The standard InChI is InChI=1S/C15H18N4O3/c20-14(17-9-11-3-1-7-21-11)13-5-6-16-15(19-13)18-10-12-4-2-8-22-12/h2,4-6,8,11H,1,3,7,9-10H2,(H,17,20)(H,16,18,19). The summed E-state index contributed by atoms with van der Waals surface area (Å²) in [5.74, 6) is 0.942. The molecule has 1 aliphatic rings. The molecule has 1 saturated heterocycles. The first kappa shape index (κ1) is 14.5. The van der Waals surface area contributed by atoms with E-state index < -0.39 is 0 Å². The van der Waals surface area contributed by atoms with Crippen LogP contribution in [0.15, 0.2) is 35.1 Å². The molecular weight excluding hydrogens is 284 g/mol. The van der Waals surface area contributed by atoms with Crippen LogP contribution < -0.4 is 10.6 Å². The Kier molecular flexibility index (Phi) is 4.65. The average Bonchev–Trinajstić information content (AvgIpc) is 3.24. The van der Waals surface area contributed by atoms with E-state index >= 15 is 0 Å². The number of anilines is 1. The van der Waals surface area contributed by atoms with E-state index in [1.165, 1.54) is 0 Å². The third kappa shape index (κ3) is 3.82. The first-order chi connectivity index (χ1) is 10.8. The van der Waals surface area contributed by atoms with Crippen LogP contribution in [0, 0.1) is 0 Å². The van der Waals surface area contributed by atoms with Crippen LogP contribution in [0.2, 0.25) is 0 Å². The summed E-state index contributed by atoms with van der Waals surface area (Å²) >= 11 is 0. The van der Waals surface area contributed by atoms with Crippen molar-refractivity contribution in [2.45, 2.75) is 25.5 Å². The number of furan rings is 1. The minimum absolute atomic E-state index is 0.113. The Hall–Kier alpha value is -2.41. The maximum atomic E-state index is 12.1. The molecular formula is C15H18N4O3.